The molecular weight excluding hydrogens is 373 g/mol. The Balaban J connectivity index is 1.90. The molecule has 1 saturated carbocycles. The Hall–Kier alpha value is -1.99. The van der Waals surface area contributed by atoms with Crippen molar-refractivity contribution < 1.29 is 18.0 Å². The number of carbonyl (C=O) groups is 1. The largest absolute Gasteiger partial charge is 0.416 e. The van der Waals surface area contributed by atoms with Crippen LogP contribution in [0.2, 0.25) is 0 Å². The fraction of sp³-hybridized carbons (Fsp3) is 0.350. The first-order valence-corrected chi connectivity index (χ1v) is 9.73. The van der Waals surface area contributed by atoms with Crippen molar-refractivity contribution in [3.8, 4) is 0 Å². The summed E-state index contributed by atoms with van der Waals surface area (Å²) in [5.41, 5.74) is 6.18. The van der Waals surface area contributed by atoms with Crippen molar-refractivity contribution in [3.05, 3.63) is 59.2 Å². The van der Waals surface area contributed by atoms with Crippen molar-refractivity contribution >= 4 is 23.4 Å². The standard InChI is InChI=1S/C20H21F3N2OS/c21-20(22,23)14-8-9-18(27-16-6-1-2-7-16)17(11-14)19(26)25-15-5-3-4-13(10-15)12-24/h3-5,8-11,16H,1-2,6-7,12,24H2,(H,25,26). The number of carbonyl (C=O) groups excluding carboxylic acids is 1. The average Bonchev–Trinajstić information content (AvgIpc) is 3.14. The Bertz CT molecular complexity index is 817. The Morgan fingerprint density at radius 3 is 2.56 bits per heavy atom. The first kappa shape index (κ1) is 19.8. The molecule has 0 atom stereocenters. The molecule has 2 aromatic rings. The Morgan fingerprint density at radius 2 is 1.89 bits per heavy atom. The fourth-order valence-corrected chi connectivity index (χ4v) is 4.50. The summed E-state index contributed by atoms with van der Waals surface area (Å²) in [7, 11) is 0. The third-order valence-electron chi connectivity index (χ3n) is 4.57. The second-order valence-corrected chi connectivity index (χ2v) is 7.93. The summed E-state index contributed by atoms with van der Waals surface area (Å²) in [5, 5.41) is 3.04. The van der Waals surface area contributed by atoms with E-state index < -0.39 is 17.6 Å². The summed E-state index contributed by atoms with van der Waals surface area (Å²) in [6.07, 6.45) is -0.223. The molecule has 0 unspecified atom stereocenters. The molecule has 0 aliphatic heterocycles. The quantitative estimate of drug-likeness (QED) is 0.709. The molecular formula is C20H21F3N2OS. The van der Waals surface area contributed by atoms with Crippen LogP contribution in [0, 0.1) is 0 Å². The molecule has 0 bridgehead atoms. The summed E-state index contributed by atoms with van der Waals surface area (Å²) >= 11 is 1.50. The lowest BCUT2D eigenvalue weighted by molar-refractivity contribution is -0.137. The van der Waals surface area contributed by atoms with Gasteiger partial charge in [-0.25, -0.2) is 0 Å². The second-order valence-electron chi connectivity index (χ2n) is 6.59. The van der Waals surface area contributed by atoms with Crippen LogP contribution in [0.25, 0.3) is 0 Å². The number of hydrogen-bond acceptors (Lipinski definition) is 3. The maximum Gasteiger partial charge on any atom is 0.416 e. The zero-order chi connectivity index (χ0) is 19.4. The summed E-state index contributed by atoms with van der Waals surface area (Å²) in [6, 6.07) is 10.4. The summed E-state index contributed by atoms with van der Waals surface area (Å²) in [5.74, 6) is -0.546. The van der Waals surface area contributed by atoms with Gasteiger partial charge in [-0.1, -0.05) is 25.0 Å². The number of hydrogen-bond donors (Lipinski definition) is 2. The van der Waals surface area contributed by atoms with Gasteiger partial charge in [-0.05, 0) is 48.7 Å². The number of alkyl halides is 3. The zero-order valence-electron chi connectivity index (χ0n) is 14.7. The summed E-state index contributed by atoms with van der Waals surface area (Å²) in [6.45, 7) is 0.316. The lowest BCUT2D eigenvalue weighted by atomic mass is 10.1. The Labute approximate surface area is 160 Å². The maximum absolute atomic E-state index is 13.1. The van der Waals surface area contributed by atoms with Crippen molar-refractivity contribution in [2.75, 3.05) is 5.32 Å². The normalized spacial score (nSPS) is 15.1. The predicted molar refractivity (Wildman–Crippen MR) is 102 cm³/mol. The number of nitrogens with one attached hydrogen (secondary N) is 1. The molecule has 27 heavy (non-hydrogen) atoms. The van der Waals surface area contributed by atoms with E-state index in [0.29, 0.717) is 22.4 Å². The Morgan fingerprint density at radius 1 is 1.15 bits per heavy atom. The van der Waals surface area contributed by atoms with Crippen LogP contribution >= 0.6 is 11.8 Å². The van der Waals surface area contributed by atoms with E-state index in [0.717, 1.165) is 43.4 Å². The average molecular weight is 394 g/mol. The van der Waals surface area contributed by atoms with Gasteiger partial charge in [0.2, 0.25) is 0 Å². The predicted octanol–water partition coefficient (Wildman–Crippen LogP) is 5.45. The number of rotatable bonds is 5. The molecule has 0 spiro atoms. The molecule has 3 rings (SSSR count). The van der Waals surface area contributed by atoms with Crippen LogP contribution < -0.4 is 11.1 Å². The highest BCUT2D eigenvalue weighted by molar-refractivity contribution is 8.00. The molecule has 1 amide bonds. The minimum absolute atomic E-state index is 0.0554. The van der Waals surface area contributed by atoms with Gasteiger partial charge in [-0.15, -0.1) is 11.8 Å². The molecule has 2 aromatic carbocycles. The van der Waals surface area contributed by atoms with Crippen molar-refractivity contribution in [2.45, 2.75) is 48.5 Å². The first-order valence-electron chi connectivity index (χ1n) is 8.85. The number of benzene rings is 2. The van der Waals surface area contributed by atoms with Crippen molar-refractivity contribution in [3.63, 3.8) is 0 Å². The van der Waals surface area contributed by atoms with Crippen LogP contribution in [0.5, 0.6) is 0 Å². The van der Waals surface area contributed by atoms with Crippen LogP contribution in [0.1, 0.15) is 47.2 Å². The molecule has 1 aliphatic carbocycles. The number of anilines is 1. The molecule has 0 radical (unpaired) electrons. The lowest BCUT2D eigenvalue weighted by Crippen LogP contribution is -2.16. The molecule has 144 valence electrons. The van der Waals surface area contributed by atoms with Gasteiger partial charge in [-0.2, -0.15) is 13.2 Å². The van der Waals surface area contributed by atoms with E-state index >= 15 is 0 Å². The third-order valence-corrected chi connectivity index (χ3v) is 5.98. The van der Waals surface area contributed by atoms with Crippen molar-refractivity contribution in [1.29, 1.82) is 0 Å². The van der Waals surface area contributed by atoms with Gasteiger partial charge >= 0.3 is 6.18 Å². The van der Waals surface area contributed by atoms with Crippen molar-refractivity contribution in [2.24, 2.45) is 5.73 Å². The molecule has 0 aromatic heterocycles. The number of amides is 1. The fourth-order valence-electron chi connectivity index (χ4n) is 3.15. The van der Waals surface area contributed by atoms with Gasteiger partial charge in [0.15, 0.2) is 0 Å². The first-order chi connectivity index (χ1) is 12.9. The molecule has 0 saturated heterocycles. The molecule has 7 heteroatoms. The zero-order valence-corrected chi connectivity index (χ0v) is 15.5. The lowest BCUT2D eigenvalue weighted by Gasteiger charge is -2.16. The van der Waals surface area contributed by atoms with Crippen LogP contribution in [-0.2, 0) is 12.7 Å². The maximum atomic E-state index is 13.1. The minimum Gasteiger partial charge on any atom is -0.326 e. The summed E-state index contributed by atoms with van der Waals surface area (Å²) < 4.78 is 39.4. The molecule has 0 heterocycles. The molecule has 3 N–H and O–H groups in total. The van der Waals surface area contributed by atoms with Crippen molar-refractivity contribution in [1.82, 2.24) is 0 Å². The number of halogens is 3. The van der Waals surface area contributed by atoms with E-state index in [1.54, 1.807) is 18.2 Å². The van der Waals surface area contributed by atoms with Gasteiger partial charge in [0.1, 0.15) is 0 Å². The minimum atomic E-state index is -4.49. The van der Waals surface area contributed by atoms with E-state index in [1.165, 1.54) is 17.8 Å². The van der Waals surface area contributed by atoms with Gasteiger partial charge in [0, 0.05) is 22.4 Å². The van der Waals surface area contributed by atoms with Crippen LogP contribution in [0.4, 0.5) is 18.9 Å². The highest BCUT2D eigenvalue weighted by Crippen LogP contribution is 2.39. The van der Waals surface area contributed by atoms with Gasteiger partial charge < -0.3 is 11.1 Å². The SMILES string of the molecule is NCc1cccc(NC(=O)c2cc(C(F)(F)F)ccc2SC2CCCC2)c1. The van der Waals surface area contributed by atoms with Gasteiger partial charge in [0.25, 0.3) is 5.91 Å². The van der Waals surface area contributed by atoms with E-state index in [2.05, 4.69) is 5.32 Å². The van der Waals surface area contributed by atoms with Crippen LogP contribution in [0.15, 0.2) is 47.4 Å². The van der Waals surface area contributed by atoms with Crippen LogP contribution in [0.3, 0.4) is 0 Å². The monoisotopic (exact) mass is 394 g/mol. The van der Waals surface area contributed by atoms with Gasteiger partial charge in [-0.3, -0.25) is 4.79 Å². The van der Waals surface area contributed by atoms with E-state index in [1.807, 2.05) is 6.07 Å². The molecule has 3 nitrogen and oxygen atoms in total. The number of thioether (sulfide) groups is 1. The molecule has 1 aliphatic rings. The number of nitrogens with two attached hydrogens (primary N) is 1. The third kappa shape index (κ3) is 5.05. The van der Waals surface area contributed by atoms with Gasteiger partial charge in [0.05, 0.1) is 11.1 Å². The smallest absolute Gasteiger partial charge is 0.326 e. The van der Waals surface area contributed by atoms with Crippen LogP contribution in [-0.4, -0.2) is 11.2 Å². The molecule has 1 fully saturated rings. The highest BCUT2D eigenvalue weighted by Gasteiger charge is 2.32. The second kappa shape index (κ2) is 8.35. The van der Waals surface area contributed by atoms with E-state index in [4.69, 9.17) is 5.73 Å². The summed E-state index contributed by atoms with van der Waals surface area (Å²) in [4.78, 5) is 13.3. The highest BCUT2D eigenvalue weighted by atomic mass is 32.2. The van der Waals surface area contributed by atoms with E-state index in [-0.39, 0.29) is 5.56 Å². The van der Waals surface area contributed by atoms with E-state index in [9.17, 15) is 18.0 Å². The topological polar surface area (TPSA) is 55.1 Å². The Kier molecular flexibility index (Phi) is 6.11.